The number of aryl methyl sites for hydroxylation is 1. The molecule has 0 spiro atoms. The first-order valence-corrected chi connectivity index (χ1v) is 11.0. The maximum atomic E-state index is 13.6. The molecule has 1 aromatic rings. The standard InChI is InChI=1S/C24H32FN5O3/c1-5-9-20-21(15-14-19-16-29(4)28-27-19)26-22(10-7-8-11-23(31)32)30(24(20)33)17(3)12-13-18(25)6-2/h6,9,12-13,15-16,24,33H,3,5,7-8,10-11,14H2,1-2,4H3,(H,31,32)/b13-12-,18-6+,20-9+,21-15+. The average Bonchev–Trinajstić information content (AvgIpc) is 3.20. The topological polar surface area (TPSA) is 104 Å². The summed E-state index contributed by atoms with van der Waals surface area (Å²) in [5.74, 6) is -0.733. The number of hydrogen-bond donors (Lipinski definition) is 2. The van der Waals surface area contributed by atoms with E-state index >= 15 is 0 Å². The summed E-state index contributed by atoms with van der Waals surface area (Å²) in [4.78, 5) is 17.2. The van der Waals surface area contributed by atoms with Crippen LogP contribution in [0.15, 0.2) is 70.9 Å². The zero-order valence-corrected chi connectivity index (χ0v) is 19.4. The van der Waals surface area contributed by atoms with Gasteiger partial charge in [-0.2, -0.15) is 0 Å². The van der Waals surface area contributed by atoms with Crippen LogP contribution in [0.5, 0.6) is 0 Å². The van der Waals surface area contributed by atoms with E-state index in [1.54, 1.807) is 23.6 Å². The van der Waals surface area contributed by atoms with E-state index in [-0.39, 0.29) is 6.42 Å². The number of aliphatic hydroxyl groups excluding tert-OH is 1. The number of aliphatic imine (C=N–C) groups is 1. The first-order chi connectivity index (χ1) is 15.8. The van der Waals surface area contributed by atoms with Gasteiger partial charge in [-0.25, -0.2) is 9.38 Å². The van der Waals surface area contributed by atoms with Gasteiger partial charge in [-0.05, 0) is 38.3 Å². The lowest BCUT2D eigenvalue weighted by molar-refractivity contribution is -0.137. The molecule has 1 aliphatic rings. The number of aliphatic carboxylic acids is 1. The Morgan fingerprint density at radius 2 is 2.06 bits per heavy atom. The van der Waals surface area contributed by atoms with Gasteiger partial charge in [0.05, 0.1) is 11.4 Å². The van der Waals surface area contributed by atoms with Crippen LogP contribution in [-0.4, -0.2) is 48.1 Å². The molecule has 0 aliphatic carbocycles. The van der Waals surface area contributed by atoms with E-state index in [1.165, 1.54) is 18.2 Å². The van der Waals surface area contributed by atoms with Gasteiger partial charge in [0, 0.05) is 43.8 Å². The molecule has 0 saturated carbocycles. The van der Waals surface area contributed by atoms with Gasteiger partial charge < -0.3 is 10.2 Å². The highest BCUT2D eigenvalue weighted by Gasteiger charge is 2.31. The number of unbranched alkanes of at least 4 members (excludes halogenated alkanes) is 1. The van der Waals surface area contributed by atoms with Crippen molar-refractivity contribution in [3.63, 3.8) is 0 Å². The summed E-state index contributed by atoms with van der Waals surface area (Å²) in [5.41, 5.74) is 2.39. The molecule has 33 heavy (non-hydrogen) atoms. The van der Waals surface area contributed by atoms with Gasteiger partial charge in [-0.1, -0.05) is 36.9 Å². The lowest BCUT2D eigenvalue weighted by Crippen LogP contribution is -2.43. The van der Waals surface area contributed by atoms with E-state index in [0.717, 1.165) is 5.69 Å². The van der Waals surface area contributed by atoms with Gasteiger partial charge in [0.25, 0.3) is 0 Å². The molecule has 0 saturated heterocycles. The Kier molecular flexibility index (Phi) is 9.93. The van der Waals surface area contributed by atoms with Crippen molar-refractivity contribution in [3.05, 3.63) is 71.6 Å². The molecule has 1 aliphatic heterocycles. The van der Waals surface area contributed by atoms with E-state index in [1.807, 2.05) is 25.3 Å². The fraction of sp³-hybridized carbons (Fsp3) is 0.417. The van der Waals surface area contributed by atoms with Crippen LogP contribution in [0.3, 0.4) is 0 Å². The number of halogens is 1. The highest BCUT2D eigenvalue weighted by molar-refractivity contribution is 5.88. The van der Waals surface area contributed by atoms with Gasteiger partial charge in [0.2, 0.25) is 0 Å². The smallest absolute Gasteiger partial charge is 0.303 e. The van der Waals surface area contributed by atoms with Crippen molar-refractivity contribution in [2.24, 2.45) is 12.0 Å². The van der Waals surface area contributed by atoms with Crippen LogP contribution >= 0.6 is 0 Å². The lowest BCUT2D eigenvalue weighted by Gasteiger charge is -2.37. The second-order valence-corrected chi connectivity index (χ2v) is 7.62. The number of carbonyl (C=O) groups is 1. The number of nitrogens with zero attached hydrogens (tertiary/aromatic N) is 5. The predicted molar refractivity (Wildman–Crippen MR) is 126 cm³/mol. The Balaban J connectivity index is 2.41. The maximum absolute atomic E-state index is 13.6. The average molecular weight is 458 g/mol. The fourth-order valence-corrected chi connectivity index (χ4v) is 3.36. The summed E-state index contributed by atoms with van der Waals surface area (Å²) in [5, 5.41) is 28.2. The van der Waals surface area contributed by atoms with Crippen LogP contribution in [0.25, 0.3) is 0 Å². The molecule has 1 unspecified atom stereocenters. The first kappa shape index (κ1) is 25.9. The van der Waals surface area contributed by atoms with E-state index in [2.05, 4.69) is 16.9 Å². The number of amidine groups is 1. The quantitative estimate of drug-likeness (QED) is 0.381. The number of aliphatic hydroxyl groups is 1. The molecule has 1 atom stereocenters. The summed E-state index contributed by atoms with van der Waals surface area (Å²) in [7, 11) is 1.79. The summed E-state index contributed by atoms with van der Waals surface area (Å²) < 4.78 is 15.3. The molecule has 9 heteroatoms. The van der Waals surface area contributed by atoms with Crippen molar-refractivity contribution < 1.29 is 19.4 Å². The second kappa shape index (κ2) is 12.6. The fourth-order valence-electron chi connectivity index (χ4n) is 3.36. The molecule has 2 heterocycles. The number of hydrogen-bond acceptors (Lipinski definition) is 6. The van der Waals surface area contributed by atoms with Gasteiger partial charge in [-0.3, -0.25) is 14.4 Å². The number of allylic oxidation sites excluding steroid dienone is 6. The molecule has 8 nitrogen and oxygen atoms in total. The van der Waals surface area contributed by atoms with Crippen LogP contribution in [-0.2, 0) is 18.3 Å². The van der Waals surface area contributed by atoms with Crippen LogP contribution in [0, 0.1) is 0 Å². The maximum Gasteiger partial charge on any atom is 0.303 e. The molecule has 0 amide bonds. The van der Waals surface area contributed by atoms with E-state index in [0.29, 0.717) is 54.9 Å². The molecule has 2 N–H and O–H groups in total. The van der Waals surface area contributed by atoms with Gasteiger partial charge >= 0.3 is 5.97 Å². The predicted octanol–water partition coefficient (Wildman–Crippen LogP) is 4.20. The normalized spacial score (nSPS) is 19.5. The van der Waals surface area contributed by atoms with E-state index in [9.17, 15) is 14.3 Å². The summed E-state index contributed by atoms with van der Waals surface area (Å²) in [6.45, 7) is 7.55. The third-order valence-corrected chi connectivity index (χ3v) is 4.99. The molecule has 1 aromatic heterocycles. The third-order valence-electron chi connectivity index (χ3n) is 4.99. The van der Waals surface area contributed by atoms with Crippen LogP contribution in [0.4, 0.5) is 4.39 Å². The Morgan fingerprint density at radius 3 is 2.67 bits per heavy atom. The molecule has 0 aromatic carbocycles. The van der Waals surface area contributed by atoms with Gasteiger partial charge in [0.15, 0.2) is 6.23 Å². The Bertz CT molecular complexity index is 1000. The van der Waals surface area contributed by atoms with Crippen molar-refractivity contribution in [2.75, 3.05) is 0 Å². The summed E-state index contributed by atoms with van der Waals surface area (Å²) in [6, 6.07) is 0. The minimum absolute atomic E-state index is 0.0551. The largest absolute Gasteiger partial charge is 0.481 e. The van der Waals surface area contributed by atoms with Crippen molar-refractivity contribution in [2.45, 2.75) is 58.6 Å². The van der Waals surface area contributed by atoms with Crippen molar-refractivity contribution in [3.8, 4) is 0 Å². The zero-order chi connectivity index (χ0) is 24.4. The Labute approximate surface area is 193 Å². The zero-order valence-electron chi connectivity index (χ0n) is 19.4. The molecular weight excluding hydrogens is 425 g/mol. The molecule has 0 fully saturated rings. The monoisotopic (exact) mass is 457 g/mol. The Hall–Kier alpha value is -3.33. The number of carboxylic acids is 1. The highest BCUT2D eigenvalue weighted by atomic mass is 19.1. The van der Waals surface area contributed by atoms with Crippen molar-refractivity contribution in [1.29, 1.82) is 0 Å². The second-order valence-electron chi connectivity index (χ2n) is 7.62. The number of rotatable bonds is 11. The van der Waals surface area contributed by atoms with Gasteiger partial charge in [-0.15, -0.1) is 5.10 Å². The van der Waals surface area contributed by atoms with Crippen LogP contribution in [0.1, 0.15) is 51.6 Å². The SMILES string of the molecule is C=C(/C=C\C(F)=C/C)N1C(CCCCC(=O)O)=NC(=C/Cc2cn(C)nn2)/C(=C\CC)C1O. The van der Waals surface area contributed by atoms with Crippen molar-refractivity contribution >= 4 is 11.8 Å². The highest BCUT2D eigenvalue weighted by Crippen LogP contribution is 2.30. The molecular formula is C24H32FN5O3. The minimum atomic E-state index is -1.06. The molecule has 178 valence electrons. The summed E-state index contributed by atoms with van der Waals surface area (Å²) in [6.07, 6.45) is 11.3. The van der Waals surface area contributed by atoms with Gasteiger partial charge in [0.1, 0.15) is 11.7 Å². The third kappa shape index (κ3) is 7.64. The van der Waals surface area contributed by atoms with Crippen LogP contribution in [0.2, 0.25) is 0 Å². The molecule has 2 rings (SSSR count). The lowest BCUT2D eigenvalue weighted by atomic mass is 10.0. The summed E-state index contributed by atoms with van der Waals surface area (Å²) >= 11 is 0. The van der Waals surface area contributed by atoms with Crippen molar-refractivity contribution in [1.82, 2.24) is 19.9 Å². The minimum Gasteiger partial charge on any atom is -0.481 e. The Morgan fingerprint density at radius 1 is 1.30 bits per heavy atom. The number of aromatic nitrogens is 3. The number of carboxylic acid groups (broad SMARTS) is 1. The van der Waals surface area contributed by atoms with Crippen LogP contribution < -0.4 is 0 Å². The first-order valence-electron chi connectivity index (χ1n) is 11.0. The van der Waals surface area contributed by atoms with E-state index in [4.69, 9.17) is 10.1 Å². The molecule has 0 bridgehead atoms. The molecule has 0 radical (unpaired) electrons. The van der Waals surface area contributed by atoms with E-state index < -0.39 is 18.0 Å².